The van der Waals surface area contributed by atoms with Crippen molar-refractivity contribution in [3.63, 3.8) is 0 Å². The van der Waals surface area contributed by atoms with Crippen molar-refractivity contribution >= 4 is 17.4 Å². The van der Waals surface area contributed by atoms with E-state index in [-0.39, 0.29) is 5.78 Å². The Morgan fingerprint density at radius 3 is 2.69 bits per heavy atom. The Morgan fingerprint density at radius 1 is 1.50 bits per heavy atom. The van der Waals surface area contributed by atoms with Gasteiger partial charge in [-0.3, -0.25) is 9.48 Å². The summed E-state index contributed by atoms with van der Waals surface area (Å²) < 4.78 is 1.70. The van der Waals surface area contributed by atoms with E-state index >= 15 is 0 Å². The number of aryl methyl sites for hydroxylation is 2. The Bertz CT molecular complexity index is 374. The molecule has 0 unspecified atom stereocenters. The summed E-state index contributed by atoms with van der Waals surface area (Å²) in [6, 6.07) is 0. The number of aromatic nitrogens is 2. The zero-order valence-electron chi connectivity index (χ0n) is 10.0. The van der Waals surface area contributed by atoms with E-state index in [1.807, 2.05) is 20.9 Å². The van der Waals surface area contributed by atoms with Crippen molar-refractivity contribution in [1.29, 1.82) is 0 Å². The van der Waals surface area contributed by atoms with E-state index in [1.54, 1.807) is 4.68 Å². The second-order valence-electron chi connectivity index (χ2n) is 3.68. The molecule has 0 spiro atoms. The number of halogens is 1. The Balaban J connectivity index is 2.73. The number of nitrogens with one attached hydrogen (secondary N) is 1. The molecule has 0 amide bonds. The van der Waals surface area contributed by atoms with Gasteiger partial charge < -0.3 is 5.32 Å². The summed E-state index contributed by atoms with van der Waals surface area (Å²) >= 11 is 6.15. The van der Waals surface area contributed by atoms with Crippen molar-refractivity contribution in [2.45, 2.75) is 26.7 Å². The van der Waals surface area contributed by atoms with Crippen LogP contribution in [-0.4, -0.2) is 28.7 Å². The maximum Gasteiger partial charge on any atom is 0.152 e. The summed E-state index contributed by atoms with van der Waals surface area (Å²) in [4.78, 5) is 11.6. The number of hydrogen-bond donors (Lipinski definition) is 1. The molecule has 90 valence electrons. The minimum atomic E-state index is 0.134. The largest absolute Gasteiger partial charge is 0.310 e. The van der Waals surface area contributed by atoms with Crippen LogP contribution < -0.4 is 5.32 Å². The topological polar surface area (TPSA) is 46.9 Å². The average molecular weight is 244 g/mol. The van der Waals surface area contributed by atoms with Gasteiger partial charge in [0.2, 0.25) is 0 Å². The third kappa shape index (κ3) is 3.06. The average Bonchev–Trinajstić information content (AvgIpc) is 2.53. The normalized spacial score (nSPS) is 10.8. The van der Waals surface area contributed by atoms with Crippen LogP contribution in [0.25, 0.3) is 0 Å². The number of likely N-dealkylation sites (N-methyl/N-ethyl adjacent to an activating group) is 1. The van der Waals surface area contributed by atoms with Gasteiger partial charge in [-0.1, -0.05) is 25.4 Å². The van der Waals surface area contributed by atoms with Crippen LogP contribution in [0, 0.1) is 0 Å². The minimum absolute atomic E-state index is 0.134. The van der Waals surface area contributed by atoms with Crippen LogP contribution in [-0.2, 0) is 24.7 Å². The molecule has 4 nitrogen and oxygen atoms in total. The van der Waals surface area contributed by atoms with Crippen LogP contribution in [0.2, 0.25) is 5.02 Å². The summed E-state index contributed by atoms with van der Waals surface area (Å²) in [5.41, 5.74) is 1.66. The van der Waals surface area contributed by atoms with Gasteiger partial charge in [0.15, 0.2) is 5.78 Å². The molecule has 0 aromatic carbocycles. The van der Waals surface area contributed by atoms with Crippen molar-refractivity contribution < 1.29 is 4.79 Å². The molecule has 1 aromatic heterocycles. The number of nitrogens with zero attached hydrogens (tertiary/aromatic N) is 2. The lowest BCUT2D eigenvalue weighted by molar-refractivity contribution is -0.117. The Kier molecular flexibility index (Phi) is 4.96. The molecule has 0 fully saturated rings. The molecule has 1 heterocycles. The first-order valence-electron chi connectivity index (χ1n) is 5.52. The maximum absolute atomic E-state index is 11.6. The number of rotatable bonds is 6. The standard InChI is InChI=1S/C11H18ClN3O/c1-4-9-11(12)10(15(3)14-9)6-8(16)7-13-5-2/h13H,4-7H2,1-3H3. The van der Waals surface area contributed by atoms with Gasteiger partial charge in [0.05, 0.1) is 29.4 Å². The lowest BCUT2D eigenvalue weighted by Gasteiger charge is -2.02. The number of hydrogen-bond acceptors (Lipinski definition) is 3. The Morgan fingerprint density at radius 2 is 2.19 bits per heavy atom. The highest BCUT2D eigenvalue weighted by Gasteiger charge is 2.15. The predicted molar refractivity (Wildman–Crippen MR) is 64.9 cm³/mol. The summed E-state index contributed by atoms with van der Waals surface area (Å²) in [7, 11) is 1.82. The number of carbonyl (C=O) groups is 1. The van der Waals surface area contributed by atoms with Crippen LogP contribution in [0.15, 0.2) is 0 Å². The highest BCUT2D eigenvalue weighted by molar-refractivity contribution is 6.32. The van der Waals surface area contributed by atoms with Gasteiger partial charge in [-0.2, -0.15) is 5.10 Å². The second-order valence-corrected chi connectivity index (χ2v) is 4.06. The van der Waals surface area contributed by atoms with Gasteiger partial charge in [-0.15, -0.1) is 0 Å². The quantitative estimate of drug-likeness (QED) is 0.821. The first kappa shape index (κ1) is 13.2. The summed E-state index contributed by atoms with van der Waals surface area (Å²) in [5.74, 6) is 0.134. The summed E-state index contributed by atoms with van der Waals surface area (Å²) in [5, 5.41) is 7.91. The Hall–Kier alpha value is -0.870. The highest BCUT2D eigenvalue weighted by Crippen LogP contribution is 2.21. The van der Waals surface area contributed by atoms with E-state index in [4.69, 9.17) is 11.6 Å². The van der Waals surface area contributed by atoms with Gasteiger partial charge in [-0.25, -0.2) is 0 Å². The molecule has 16 heavy (non-hydrogen) atoms. The SMILES string of the molecule is CCNCC(=O)Cc1c(Cl)c(CC)nn1C. The van der Waals surface area contributed by atoms with Gasteiger partial charge in [0.1, 0.15) is 0 Å². The van der Waals surface area contributed by atoms with Crippen molar-refractivity contribution in [3.8, 4) is 0 Å². The molecule has 0 saturated carbocycles. The maximum atomic E-state index is 11.6. The molecule has 0 atom stereocenters. The first-order chi connectivity index (χ1) is 7.60. The van der Waals surface area contributed by atoms with Gasteiger partial charge in [0, 0.05) is 7.05 Å². The van der Waals surface area contributed by atoms with Crippen molar-refractivity contribution in [3.05, 3.63) is 16.4 Å². The number of Topliss-reactive ketones (excluding diaryl/α,β-unsaturated/α-hetero) is 1. The fourth-order valence-corrected chi connectivity index (χ4v) is 1.89. The molecule has 0 bridgehead atoms. The van der Waals surface area contributed by atoms with Crippen LogP contribution in [0.1, 0.15) is 25.2 Å². The zero-order valence-corrected chi connectivity index (χ0v) is 10.8. The molecule has 0 aliphatic heterocycles. The smallest absolute Gasteiger partial charge is 0.152 e. The predicted octanol–water partition coefficient (Wildman–Crippen LogP) is 1.36. The molecule has 0 aliphatic carbocycles. The van der Waals surface area contributed by atoms with Crippen LogP contribution >= 0.6 is 11.6 Å². The van der Waals surface area contributed by atoms with Gasteiger partial charge in [0.25, 0.3) is 0 Å². The van der Waals surface area contributed by atoms with Gasteiger partial charge in [-0.05, 0) is 13.0 Å². The molecular weight excluding hydrogens is 226 g/mol. The minimum Gasteiger partial charge on any atom is -0.310 e. The van der Waals surface area contributed by atoms with E-state index in [1.165, 1.54) is 0 Å². The fraction of sp³-hybridized carbons (Fsp3) is 0.636. The van der Waals surface area contributed by atoms with Crippen LogP contribution in [0.4, 0.5) is 0 Å². The molecule has 1 N–H and O–H groups in total. The van der Waals surface area contributed by atoms with E-state index in [0.717, 1.165) is 24.4 Å². The monoisotopic (exact) mass is 243 g/mol. The highest BCUT2D eigenvalue weighted by atomic mass is 35.5. The summed E-state index contributed by atoms with van der Waals surface area (Å²) in [6.45, 7) is 5.16. The molecular formula is C11H18ClN3O. The van der Waals surface area contributed by atoms with E-state index in [9.17, 15) is 4.79 Å². The molecule has 1 aromatic rings. The zero-order chi connectivity index (χ0) is 12.1. The van der Waals surface area contributed by atoms with E-state index in [0.29, 0.717) is 18.0 Å². The molecule has 0 radical (unpaired) electrons. The molecule has 0 aliphatic rings. The van der Waals surface area contributed by atoms with Crippen LogP contribution in [0.5, 0.6) is 0 Å². The fourth-order valence-electron chi connectivity index (χ4n) is 1.53. The van der Waals surface area contributed by atoms with Crippen molar-refractivity contribution in [2.75, 3.05) is 13.1 Å². The molecule has 1 rings (SSSR count). The second kappa shape index (κ2) is 6.01. The number of carbonyl (C=O) groups excluding carboxylic acids is 1. The lowest BCUT2D eigenvalue weighted by Crippen LogP contribution is -2.24. The van der Waals surface area contributed by atoms with Crippen molar-refractivity contribution in [1.82, 2.24) is 15.1 Å². The third-order valence-electron chi connectivity index (χ3n) is 2.44. The first-order valence-corrected chi connectivity index (χ1v) is 5.90. The van der Waals surface area contributed by atoms with Crippen molar-refractivity contribution in [2.24, 2.45) is 7.05 Å². The third-order valence-corrected chi connectivity index (χ3v) is 2.88. The van der Waals surface area contributed by atoms with E-state index < -0.39 is 0 Å². The Labute approximate surface area is 101 Å². The molecule has 0 saturated heterocycles. The lowest BCUT2D eigenvalue weighted by atomic mass is 10.2. The molecule has 5 heteroatoms. The van der Waals surface area contributed by atoms with Gasteiger partial charge >= 0.3 is 0 Å². The summed E-state index contributed by atoms with van der Waals surface area (Å²) in [6.07, 6.45) is 1.13. The van der Waals surface area contributed by atoms with Crippen LogP contribution in [0.3, 0.4) is 0 Å². The number of ketones is 1. The van der Waals surface area contributed by atoms with E-state index in [2.05, 4.69) is 10.4 Å².